The van der Waals surface area contributed by atoms with Crippen molar-refractivity contribution < 1.29 is 4.79 Å². The molecule has 1 aromatic carbocycles. The first-order valence-corrected chi connectivity index (χ1v) is 6.74. The molecule has 0 radical (unpaired) electrons. The quantitative estimate of drug-likeness (QED) is 0.900. The van der Waals surface area contributed by atoms with Crippen molar-refractivity contribution in [2.24, 2.45) is 0 Å². The summed E-state index contributed by atoms with van der Waals surface area (Å²) in [5, 5.41) is 18.3. The van der Waals surface area contributed by atoms with Crippen LogP contribution in [0, 0.1) is 11.3 Å². The number of carbonyl (C=O) groups excluding carboxylic acids is 1. The SMILES string of the molecule is CC(C)c1nc(C(=O)NC(C)c2ccc(C#N)cc2)n[nH]1. The minimum Gasteiger partial charge on any atom is -0.343 e. The molecule has 0 aliphatic carbocycles. The standard InChI is InChI=1S/C15H17N5O/c1-9(2)13-18-14(20-19-13)15(21)17-10(3)12-6-4-11(8-16)5-7-12/h4-7,9-10H,1-3H3,(H,17,21)(H,18,19,20). The molecular weight excluding hydrogens is 266 g/mol. The molecule has 0 bridgehead atoms. The lowest BCUT2D eigenvalue weighted by atomic mass is 10.1. The van der Waals surface area contributed by atoms with E-state index < -0.39 is 0 Å². The molecule has 1 unspecified atom stereocenters. The van der Waals surface area contributed by atoms with Crippen LogP contribution in [0.15, 0.2) is 24.3 Å². The van der Waals surface area contributed by atoms with Crippen LogP contribution in [0.3, 0.4) is 0 Å². The number of H-pyrrole nitrogens is 1. The maximum Gasteiger partial charge on any atom is 0.291 e. The molecule has 0 saturated heterocycles. The van der Waals surface area contributed by atoms with Crippen molar-refractivity contribution in [2.75, 3.05) is 0 Å². The Morgan fingerprint density at radius 3 is 2.48 bits per heavy atom. The summed E-state index contributed by atoms with van der Waals surface area (Å²) in [5.74, 6) is 0.690. The Bertz CT molecular complexity index is 666. The van der Waals surface area contributed by atoms with Gasteiger partial charge in [-0.1, -0.05) is 26.0 Å². The molecule has 2 aromatic rings. The molecule has 0 aliphatic rings. The number of hydrogen-bond donors (Lipinski definition) is 2. The smallest absolute Gasteiger partial charge is 0.291 e. The fourth-order valence-electron chi connectivity index (χ4n) is 1.82. The maximum absolute atomic E-state index is 12.1. The molecule has 0 spiro atoms. The summed E-state index contributed by atoms with van der Waals surface area (Å²) in [6.07, 6.45) is 0. The van der Waals surface area contributed by atoms with Crippen LogP contribution >= 0.6 is 0 Å². The lowest BCUT2D eigenvalue weighted by Crippen LogP contribution is -2.27. The van der Waals surface area contributed by atoms with Gasteiger partial charge in [0.2, 0.25) is 5.82 Å². The van der Waals surface area contributed by atoms with E-state index in [-0.39, 0.29) is 23.7 Å². The summed E-state index contributed by atoms with van der Waals surface area (Å²) >= 11 is 0. The average Bonchev–Trinajstić information content (AvgIpc) is 2.97. The van der Waals surface area contributed by atoms with Gasteiger partial charge < -0.3 is 5.32 Å². The predicted molar refractivity (Wildman–Crippen MR) is 77.5 cm³/mol. The molecule has 21 heavy (non-hydrogen) atoms. The van der Waals surface area contributed by atoms with Gasteiger partial charge in [-0.05, 0) is 24.6 Å². The summed E-state index contributed by atoms with van der Waals surface area (Å²) in [6.45, 7) is 5.82. The number of rotatable bonds is 4. The van der Waals surface area contributed by atoms with Crippen molar-refractivity contribution in [2.45, 2.75) is 32.7 Å². The highest BCUT2D eigenvalue weighted by Gasteiger charge is 2.16. The highest BCUT2D eigenvalue weighted by molar-refractivity contribution is 5.90. The van der Waals surface area contributed by atoms with E-state index in [4.69, 9.17) is 5.26 Å². The van der Waals surface area contributed by atoms with Gasteiger partial charge in [-0.15, -0.1) is 5.10 Å². The molecule has 2 N–H and O–H groups in total. The van der Waals surface area contributed by atoms with Crippen LogP contribution in [0.25, 0.3) is 0 Å². The number of aromatic amines is 1. The summed E-state index contributed by atoms with van der Waals surface area (Å²) in [4.78, 5) is 16.2. The van der Waals surface area contributed by atoms with E-state index in [1.807, 2.05) is 32.9 Å². The van der Waals surface area contributed by atoms with Gasteiger partial charge >= 0.3 is 0 Å². The van der Waals surface area contributed by atoms with Gasteiger partial charge in [0.1, 0.15) is 5.82 Å². The third-order valence-corrected chi connectivity index (χ3v) is 3.14. The fourth-order valence-corrected chi connectivity index (χ4v) is 1.82. The van der Waals surface area contributed by atoms with Gasteiger partial charge in [-0.2, -0.15) is 5.26 Å². The largest absolute Gasteiger partial charge is 0.343 e. The zero-order valence-electron chi connectivity index (χ0n) is 12.2. The molecule has 1 amide bonds. The van der Waals surface area contributed by atoms with Gasteiger partial charge in [-0.3, -0.25) is 9.89 Å². The van der Waals surface area contributed by atoms with Crippen molar-refractivity contribution >= 4 is 5.91 Å². The van der Waals surface area contributed by atoms with E-state index in [0.717, 1.165) is 5.56 Å². The average molecular weight is 283 g/mol. The van der Waals surface area contributed by atoms with E-state index in [1.165, 1.54) is 0 Å². The number of amides is 1. The molecule has 1 atom stereocenters. The number of nitriles is 1. The summed E-state index contributed by atoms with van der Waals surface area (Å²) in [6, 6.07) is 8.96. The van der Waals surface area contributed by atoms with Gasteiger partial charge in [0.25, 0.3) is 5.91 Å². The molecule has 0 saturated carbocycles. The normalized spacial score (nSPS) is 12.0. The summed E-state index contributed by atoms with van der Waals surface area (Å²) in [5.41, 5.74) is 1.51. The second kappa shape index (κ2) is 6.18. The van der Waals surface area contributed by atoms with Gasteiger partial charge in [-0.25, -0.2) is 4.98 Å². The zero-order chi connectivity index (χ0) is 15.4. The minimum absolute atomic E-state index is 0.138. The molecule has 2 rings (SSSR count). The van der Waals surface area contributed by atoms with Crippen LogP contribution in [0.2, 0.25) is 0 Å². The topological polar surface area (TPSA) is 94.5 Å². The highest BCUT2D eigenvalue weighted by Crippen LogP contribution is 2.14. The zero-order valence-corrected chi connectivity index (χ0v) is 12.2. The number of carbonyl (C=O) groups is 1. The van der Waals surface area contributed by atoms with Crippen molar-refractivity contribution in [3.8, 4) is 6.07 Å². The highest BCUT2D eigenvalue weighted by atomic mass is 16.2. The van der Waals surface area contributed by atoms with Crippen LogP contribution in [0.4, 0.5) is 0 Å². The third-order valence-electron chi connectivity index (χ3n) is 3.14. The van der Waals surface area contributed by atoms with E-state index in [1.54, 1.807) is 12.1 Å². The Balaban J connectivity index is 2.05. The van der Waals surface area contributed by atoms with Crippen molar-refractivity contribution in [3.05, 3.63) is 47.0 Å². The first kappa shape index (κ1) is 14.7. The van der Waals surface area contributed by atoms with Crippen LogP contribution in [-0.2, 0) is 0 Å². The van der Waals surface area contributed by atoms with Gasteiger partial charge in [0, 0.05) is 5.92 Å². The Morgan fingerprint density at radius 2 is 1.95 bits per heavy atom. The summed E-state index contributed by atoms with van der Waals surface area (Å²) < 4.78 is 0. The van der Waals surface area contributed by atoms with Gasteiger partial charge in [0.05, 0.1) is 17.7 Å². The molecule has 1 heterocycles. The first-order valence-electron chi connectivity index (χ1n) is 6.74. The first-order chi connectivity index (χ1) is 10.0. The number of nitrogens with zero attached hydrogens (tertiary/aromatic N) is 3. The van der Waals surface area contributed by atoms with Crippen LogP contribution < -0.4 is 5.32 Å². The lowest BCUT2D eigenvalue weighted by molar-refractivity contribution is 0.0929. The Labute approximate surface area is 123 Å². The number of benzene rings is 1. The fraction of sp³-hybridized carbons (Fsp3) is 0.333. The molecule has 0 fully saturated rings. The second-order valence-electron chi connectivity index (χ2n) is 5.13. The van der Waals surface area contributed by atoms with E-state index in [2.05, 4.69) is 26.6 Å². The van der Waals surface area contributed by atoms with E-state index in [9.17, 15) is 4.79 Å². The third kappa shape index (κ3) is 3.45. The van der Waals surface area contributed by atoms with Crippen molar-refractivity contribution in [1.82, 2.24) is 20.5 Å². The molecular formula is C15H17N5O. The Kier molecular flexibility index (Phi) is 4.33. The molecule has 6 heteroatoms. The number of hydrogen-bond acceptors (Lipinski definition) is 4. The van der Waals surface area contributed by atoms with Crippen LogP contribution in [0.1, 0.15) is 60.3 Å². The molecule has 1 aromatic heterocycles. The monoisotopic (exact) mass is 283 g/mol. The number of nitrogens with one attached hydrogen (secondary N) is 2. The minimum atomic E-state index is -0.324. The molecule has 108 valence electrons. The lowest BCUT2D eigenvalue weighted by Gasteiger charge is -2.12. The maximum atomic E-state index is 12.1. The van der Waals surface area contributed by atoms with Gasteiger partial charge in [0.15, 0.2) is 0 Å². The second-order valence-corrected chi connectivity index (χ2v) is 5.13. The molecule has 0 aliphatic heterocycles. The predicted octanol–water partition coefficient (Wildman–Crippen LogP) is 2.29. The summed E-state index contributed by atoms with van der Waals surface area (Å²) in [7, 11) is 0. The number of aromatic nitrogens is 3. The van der Waals surface area contributed by atoms with Crippen LogP contribution in [-0.4, -0.2) is 21.1 Å². The Morgan fingerprint density at radius 1 is 1.29 bits per heavy atom. The molecule has 6 nitrogen and oxygen atoms in total. The van der Waals surface area contributed by atoms with E-state index in [0.29, 0.717) is 11.4 Å². The van der Waals surface area contributed by atoms with Crippen molar-refractivity contribution in [3.63, 3.8) is 0 Å². The van der Waals surface area contributed by atoms with E-state index >= 15 is 0 Å². The Hall–Kier alpha value is -2.68. The van der Waals surface area contributed by atoms with Crippen LogP contribution in [0.5, 0.6) is 0 Å². The van der Waals surface area contributed by atoms with Crippen molar-refractivity contribution in [1.29, 1.82) is 5.26 Å².